The molecular formula is C34H41F3N4O3S. The number of nitrogens with zero attached hydrogens (tertiary/aromatic N) is 2. The van der Waals surface area contributed by atoms with Gasteiger partial charge in [0.05, 0.1) is 36.7 Å². The van der Waals surface area contributed by atoms with Gasteiger partial charge in [-0.3, -0.25) is 9.69 Å². The largest absolute Gasteiger partial charge is 0.506 e. The molecule has 0 radical (unpaired) electrons. The van der Waals surface area contributed by atoms with E-state index in [1.165, 1.54) is 40.7 Å². The summed E-state index contributed by atoms with van der Waals surface area (Å²) in [5, 5.41) is 17.9. The zero-order chi connectivity index (χ0) is 32.0. The number of halogens is 3. The number of fused-ring (bicyclic) bond motifs is 1. The van der Waals surface area contributed by atoms with E-state index < -0.39 is 12.7 Å². The monoisotopic (exact) mass is 642 g/mol. The fraction of sp³-hybridized carbons (Fsp3) is 0.500. The number of ether oxygens (including phenoxy) is 1. The maximum Gasteiger partial charge on any atom is 0.406 e. The molecule has 3 heterocycles. The molecule has 3 N–H and O–H groups in total. The third-order valence-electron chi connectivity index (χ3n) is 8.59. The predicted octanol–water partition coefficient (Wildman–Crippen LogP) is 6.78. The highest BCUT2D eigenvalue weighted by Crippen LogP contribution is 2.34. The lowest BCUT2D eigenvalue weighted by atomic mass is 9.80. The van der Waals surface area contributed by atoms with Gasteiger partial charge in [0.2, 0.25) is 5.91 Å². The average Bonchev–Trinajstić information content (AvgIpc) is 3.31. The van der Waals surface area contributed by atoms with Gasteiger partial charge in [0.15, 0.2) is 0 Å². The van der Waals surface area contributed by atoms with Gasteiger partial charge in [-0.1, -0.05) is 38.2 Å². The van der Waals surface area contributed by atoms with E-state index in [4.69, 9.17) is 4.74 Å². The Balaban J connectivity index is 0.000000496. The van der Waals surface area contributed by atoms with E-state index in [1.54, 1.807) is 43.3 Å². The second-order valence-electron chi connectivity index (χ2n) is 12.0. The minimum Gasteiger partial charge on any atom is -0.506 e. The number of carbonyl (C=O) groups is 1. The number of carbonyl (C=O) groups excluding carboxylic acids is 1. The zero-order valence-electron chi connectivity index (χ0n) is 25.8. The van der Waals surface area contributed by atoms with Crippen LogP contribution in [0.5, 0.6) is 5.75 Å². The summed E-state index contributed by atoms with van der Waals surface area (Å²) in [7, 11) is 0. The lowest BCUT2D eigenvalue weighted by molar-refractivity contribution is -0.140. The van der Waals surface area contributed by atoms with Gasteiger partial charge in [-0.25, -0.2) is 0 Å². The van der Waals surface area contributed by atoms with Crippen LogP contribution in [0.2, 0.25) is 0 Å². The van der Waals surface area contributed by atoms with Crippen molar-refractivity contribution in [2.24, 2.45) is 5.41 Å². The number of benzene rings is 2. The zero-order valence-corrected chi connectivity index (χ0v) is 26.6. The van der Waals surface area contributed by atoms with Crippen LogP contribution in [0.25, 0.3) is 10.9 Å². The summed E-state index contributed by atoms with van der Waals surface area (Å²) in [6.45, 7) is 4.85. The van der Waals surface area contributed by atoms with Gasteiger partial charge in [-0.05, 0) is 61.4 Å². The Labute approximate surface area is 266 Å². The smallest absolute Gasteiger partial charge is 0.406 e. The van der Waals surface area contributed by atoms with Crippen LogP contribution >= 0.6 is 11.8 Å². The molecule has 1 spiro atoms. The molecule has 3 aromatic rings. The summed E-state index contributed by atoms with van der Waals surface area (Å²) in [5.74, 6) is 5.47. The van der Waals surface area contributed by atoms with Gasteiger partial charge >= 0.3 is 6.18 Å². The number of aromatic nitrogens is 1. The summed E-state index contributed by atoms with van der Waals surface area (Å²) in [6.07, 6.45) is 3.22. The highest BCUT2D eigenvalue weighted by atomic mass is 32.2. The standard InChI is InChI=1S/C29H32F3N3O2S.C5H9NO/c1-3-28(37)34(26-15-14-22(38-2)18-27(26)36)16-8-11-21-17-23-24(33-20-9-5-4-6-10-20)12-7-13-25(23)35(21)19-29(30,31)32;1-5(2-6-1)3-7-4-5/h7,12-15,17-18,20,33,36H,3-6,9-10,16,19H2,1-2H3;6H,1-4H2. The number of hydrogen-bond acceptors (Lipinski definition) is 6. The van der Waals surface area contributed by atoms with Crippen molar-refractivity contribution in [2.45, 2.75) is 69.1 Å². The first kappa shape index (κ1) is 33.0. The predicted molar refractivity (Wildman–Crippen MR) is 174 cm³/mol. The molecule has 0 bridgehead atoms. The Morgan fingerprint density at radius 2 is 1.93 bits per heavy atom. The maximum absolute atomic E-state index is 13.6. The molecular weight excluding hydrogens is 601 g/mol. The molecule has 1 aliphatic carbocycles. The van der Waals surface area contributed by atoms with Crippen molar-refractivity contribution in [1.29, 1.82) is 0 Å². The highest BCUT2D eigenvalue weighted by molar-refractivity contribution is 7.98. The minimum absolute atomic E-state index is 0.0509. The molecule has 7 nitrogen and oxygen atoms in total. The van der Waals surface area contributed by atoms with Crippen LogP contribution in [-0.4, -0.2) is 66.9 Å². The second-order valence-corrected chi connectivity index (χ2v) is 12.9. The van der Waals surface area contributed by atoms with Crippen LogP contribution in [-0.2, 0) is 16.1 Å². The molecule has 45 heavy (non-hydrogen) atoms. The number of aromatic hydroxyl groups is 1. The maximum atomic E-state index is 13.6. The van der Waals surface area contributed by atoms with E-state index in [2.05, 4.69) is 22.5 Å². The molecule has 2 aliphatic heterocycles. The number of anilines is 2. The molecule has 1 amide bonds. The first-order chi connectivity index (χ1) is 21.6. The van der Waals surface area contributed by atoms with Crippen molar-refractivity contribution in [1.82, 2.24) is 9.88 Å². The highest BCUT2D eigenvalue weighted by Gasteiger charge is 2.43. The van der Waals surface area contributed by atoms with Crippen LogP contribution in [0.15, 0.2) is 47.4 Å². The Morgan fingerprint density at radius 3 is 2.49 bits per heavy atom. The Morgan fingerprint density at radius 1 is 1.18 bits per heavy atom. The van der Waals surface area contributed by atoms with Crippen molar-refractivity contribution in [2.75, 3.05) is 49.3 Å². The average molecular weight is 643 g/mol. The summed E-state index contributed by atoms with van der Waals surface area (Å²) >= 11 is 1.46. The number of hydrogen-bond donors (Lipinski definition) is 3. The van der Waals surface area contributed by atoms with Crippen LogP contribution in [0.4, 0.5) is 24.5 Å². The number of amides is 1. The van der Waals surface area contributed by atoms with E-state index in [0.717, 1.165) is 49.5 Å². The minimum atomic E-state index is -4.43. The number of rotatable bonds is 7. The van der Waals surface area contributed by atoms with Gasteiger partial charge in [-0.15, -0.1) is 11.8 Å². The van der Waals surface area contributed by atoms with E-state index >= 15 is 0 Å². The second kappa shape index (κ2) is 14.4. The van der Waals surface area contributed by atoms with Crippen molar-refractivity contribution < 1.29 is 27.8 Å². The molecule has 2 saturated heterocycles. The quantitative estimate of drug-likeness (QED) is 0.195. The van der Waals surface area contributed by atoms with Crippen molar-refractivity contribution in [3.8, 4) is 17.6 Å². The van der Waals surface area contributed by atoms with Crippen molar-refractivity contribution in [3.05, 3.63) is 48.2 Å². The van der Waals surface area contributed by atoms with Gasteiger partial charge in [0, 0.05) is 46.9 Å². The Bertz CT molecular complexity index is 1530. The summed E-state index contributed by atoms with van der Waals surface area (Å²) in [6, 6.07) is 12.4. The molecule has 1 saturated carbocycles. The first-order valence-corrected chi connectivity index (χ1v) is 16.7. The summed E-state index contributed by atoms with van der Waals surface area (Å²) < 4.78 is 46.9. The fourth-order valence-corrected chi connectivity index (χ4v) is 6.40. The molecule has 1 aromatic heterocycles. The third kappa shape index (κ3) is 8.10. The normalized spacial score (nSPS) is 17.4. The van der Waals surface area contributed by atoms with E-state index in [-0.39, 0.29) is 30.3 Å². The van der Waals surface area contributed by atoms with Gasteiger partial charge < -0.3 is 25.0 Å². The number of phenolic OH excluding ortho intramolecular Hbond substituents is 1. The van der Waals surface area contributed by atoms with E-state index in [0.29, 0.717) is 28.0 Å². The van der Waals surface area contributed by atoms with Crippen LogP contribution in [0.1, 0.15) is 51.1 Å². The van der Waals surface area contributed by atoms with Gasteiger partial charge in [0.25, 0.3) is 0 Å². The molecule has 3 fully saturated rings. The number of thioether (sulfide) groups is 1. The first-order valence-electron chi connectivity index (χ1n) is 15.5. The van der Waals surface area contributed by atoms with Gasteiger partial charge in [0.1, 0.15) is 12.3 Å². The molecule has 2 aromatic carbocycles. The molecule has 0 unspecified atom stereocenters. The topological polar surface area (TPSA) is 78.8 Å². The van der Waals surface area contributed by atoms with Crippen LogP contribution < -0.4 is 15.5 Å². The lowest BCUT2D eigenvalue weighted by Gasteiger charge is -2.48. The Kier molecular flexibility index (Phi) is 10.6. The molecule has 6 rings (SSSR count). The Hall–Kier alpha value is -3.33. The number of phenols is 1. The molecule has 0 atom stereocenters. The summed E-state index contributed by atoms with van der Waals surface area (Å²) in [5.41, 5.74) is 2.42. The lowest BCUT2D eigenvalue weighted by Crippen LogP contribution is -2.64. The number of alkyl halides is 3. The van der Waals surface area contributed by atoms with E-state index in [1.807, 2.05) is 12.3 Å². The molecule has 11 heteroatoms. The fourth-order valence-electron chi connectivity index (χ4n) is 5.97. The molecule has 242 valence electrons. The van der Waals surface area contributed by atoms with Crippen molar-refractivity contribution >= 4 is 39.9 Å². The van der Waals surface area contributed by atoms with Crippen LogP contribution in [0.3, 0.4) is 0 Å². The van der Waals surface area contributed by atoms with Crippen molar-refractivity contribution in [3.63, 3.8) is 0 Å². The molecule has 3 aliphatic rings. The van der Waals surface area contributed by atoms with Gasteiger partial charge in [-0.2, -0.15) is 13.2 Å². The van der Waals surface area contributed by atoms with E-state index in [9.17, 15) is 23.1 Å². The number of nitrogens with one attached hydrogen (secondary N) is 2. The third-order valence-corrected chi connectivity index (χ3v) is 9.32. The van der Waals surface area contributed by atoms with Crippen LogP contribution in [0, 0.1) is 17.3 Å². The summed E-state index contributed by atoms with van der Waals surface area (Å²) in [4.78, 5) is 14.9. The SMILES string of the molecule is C1NCC12COC2.CCC(=O)N(CC#Cc1cc2c(NC3CCCCC3)cccc2n1CC(F)(F)F)c1ccc(SC)cc1O.